The lowest BCUT2D eigenvalue weighted by molar-refractivity contribution is -0.0265. The van der Waals surface area contributed by atoms with Crippen LogP contribution in [0.3, 0.4) is 0 Å². The molecule has 2 aromatic rings. The van der Waals surface area contributed by atoms with Gasteiger partial charge in [0.2, 0.25) is 0 Å². The predicted molar refractivity (Wildman–Crippen MR) is 123 cm³/mol. The highest BCUT2D eigenvalue weighted by molar-refractivity contribution is 5.79. The maximum Gasteiger partial charge on any atom is 0.191 e. The van der Waals surface area contributed by atoms with E-state index in [1.165, 1.54) is 11.1 Å². The first-order valence-electron chi connectivity index (χ1n) is 11.0. The number of aliphatic hydroxyl groups is 1. The van der Waals surface area contributed by atoms with Crippen molar-refractivity contribution in [3.8, 4) is 0 Å². The molecule has 1 heterocycles. The maximum absolute atomic E-state index is 10.9. The van der Waals surface area contributed by atoms with E-state index in [4.69, 9.17) is 4.74 Å². The van der Waals surface area contributed by atoms with Crippen LogP contribution in [-0.4, -0.2) is 37.3 Å². The molecule has 0 saturated carbocycles. The summed E-state index contributed by atoms with van der Waals surface area (Å²) < 4.78 is 6.14. The summed E-state index contributed by atoms with van der Waals surface area (Å²) in [6, 6.07) is 18.3. The van der Waals surface area contributed by atoms with Crippen molar-refractivity contribution in [2.45, 2.75) is 45.3 Å². The molecule has 3 rings (SSSR count). The van der Waals surface area contributed by atoms with Gasteiger partial charge in [0.15, 0.2) is 5.96 Å². The molecular formula is C25H35N3O2. The van der Waals surface area contributed by atoms with Crippen LogP contribution >= 0.6 is 0 Å². The van der Waals surface area contributed by atoms with Gasteiger partial charge in [-0.1, -0.05) is 60.2 Å². The second kappa shape index (κ2) is 10.6. The van der Waals surface area contributed by atoms with Crippen LogP contribution in [0.5, 0.6) is 0 Å². The highest BCUT2D eigenvalue weighted by Gasteiger charge is 2.28. The Labute approximate surface area is 180 Å². The van der Waals surface area contributed by atoms with Crippen LogP contribution < -0.4 is 10.6 Å². The first-order valence-corrected chi connectivity index (χ1v) is 11.0. The van der Waals surface area contributed by atoms with Crippen LogP contribution in [-0.2, 0) is 10.3 Å². The number of ether oxygens (including phenoxy) is 1. The lowest BCUT2D eigenvalue weighted by atomic mass is 9.89. The van der Waals surface area contributed by atoms with E-state index in [-0.39, 0.29) is 12.6 Å². The molecule has 0 spiro atoms. The predicted octanol–water partition coefficient (Wildman–Crippen LogP) is 3.93. The summed E-state index contributed by atoms with van der Waals surface area (Å²) in [7, 11) is 0. The third kappa shape index (κ3) is 6.07. The Morgan fingerprint density at radius 2 is 1.87 bits per heavy atom. The molecule has 0 aromatic heterocycles. The number of nitrogens with one attached hydrogen (secondary N) is 2. The van der Waals surface area contributed by atoms with Crippen LogP contribution in [0.25, 0.3) is 0 Å². The maximum atomic E-state index is 10.9. The molecule has 3 atom stereocenters. The second-order valence-electron chi connectivity index (χ2n) is 8.32. The third-order valence-corrected chi connectivity index (χ3v) is 5.67. The first kappa shape index (κ1) is 22.3. The first-order chi connectivity index (χ1) is 14.5. The molecule has 3 N–H and O–H groups in total. The molecule has 2 aromatic carbocycles. The summed E-state index contributed by atoms with van der Waals surface area (Å²) in [6.07, 6.45) is 2.29. The van der Waals surface area contributed by atoms with Crippen LogP contribution in [0.4, 0.5) is 0 Å². The van der Waals surface area contributed by atoms with Gasteiger partial charge in [0.1, 0.15) is 5.60 Å². The lowest BCUT2D eigenvalue weighted by Crippen LogP contribution is -2.42. The molecule has 0 bridgehead atoms. The number of hydrogen-bond acceptors (Lipinski definition) is 3. The van der Waals surface area contributed by atoms with Gasteiger partial charge in [-0.25, -0.2) is 4.99 Å². The van der Waals surface area contributed by atoms with Crippen molar-refractivity contribution in [2.75, 3.05) is 26.2 Å². The number of hydrogen-bond donors (Lipinski definition) is 3. The largest absolute Gasteiger partial charge is 0.384 e. The number of aliphatic imine (C=N–C) groups is 1. The van der Waals surface area contributed by atoms with Gasteiger partial charge in [-0.3, -0.25) is 0 Å². The fourth-order valence-corrected chi connectivity index (χ4v) is 3.87. The average Bonchev–Trinajstić information content (AvgIpc) is 2.77. The van der Waals surface area contributed by atoms with E-state index in [0.717, 1.165) is 44.1 Å². The Kier molecular flexibility index (Phi) is 7.88. The summed E-state index contributed by atoms with van der Waals surface area (Å²) in [4.78, 5) is 4.66. The van der Waals surface area contributed by atoms with Gasteiger partial charge in [0.05, 0.1) is 12.6 Å². The zero-order valence-corrected chi connectivity index (χ0v) is 18.4. The average molecular weight is 410 g/mol. The van der Waals surface area contributed by atoms with E-state index in [1.807, 2.05) is 37.3 Å². The quantitative estimate of drug-likeness (QED) is 0.479. The molecule has 1 fully saturated rings. The van der Waals surface area contributed by atoms with Crippen molar-refractivity contribution < 1.29 is 9.84 Å². The minimum absolute atomic E-state index is 0.0992. The van der Waals surface area contributed by atoms with E-state index in [2.05, 4.69) is 46.8 Å². The van der Waals surface area contributed by atoms with Crippen molar-refractivity contribution in [3.05, 3.63) is 71.3 Å². The molecular weight excluding hydrogens is 374 g/mol. The Morgan fingerprint density at radius 1 is 1.13 bits per heavy atom. The summed E-state index contributed by atoms with van der Waals surface area (Å²) >= 11 is 0. The summed E-state index contributed by atoms with van der Waals surface area (Å²) in [6.45, 7) is 8.59. The topological polar surface area (TPSA) is 65.9 Å². The Balaban J connectivity index is 1.65. The van der Waals surface area contributed by atoms with Crippen LogP contribution in [0.1, 0.15) is 49.5 Å². The van der Waals surface area contributed by atoms with Gasteiger partial charge >= 0.3 is 0 Å². The minimum Gasteiger partial charge on any atom is -0.384 e. The Hall–Kier alpha value is -2.37. The number of rotatable bonds is 7. The zero-order chi connectivity index (χ0) is 21.4. The summed E-state index contributed by atoms with van der Waals surface area (Å²) in [5.74, 6) is 1.10. The SMILES string of the molecule is CCNC(=NCC(C)(O)c1ccccc1)NCC1CCCOC1c1ccc(C)cc1. The van der Waals surface area contributed by atoms with E-state index in [9.17, 15) is 5.11 Å². The summed E-state index contributed by atoms with van der Waals surface area (Å²) in [5.41, 5.74) is 2.35. The van der Waals surface area contributed by atoms with Gasteiger partial charge in [0, 0.05) is 25.6 Å². The molecule has 0 amide bonds. The summed E-state index contributed by atoms with van der Waals surface area (Å²) in [5, 5.41) is 17.6. The number of guanidine groups is 1. The molecule has 30 heavy (non-hydrogen) atoms. The highest BCUT2D eigenvalue weighted by Crippen LogP contribution is 2.33. The molecule has 0 radical (unpaired) electrons. The standard InChI is InChI=1S/C25H35N3O2/c1-4-26-24(28-18-25(3,29)22-10-6-5-7-11-22)27-17-21-9-8-16-30-23(21)20-14-12-19(2)13-15-20/h5-7,10-15,21,23,29H,4,8-9,16-18H2,1-3H3,(H2,26,27,28). The molecule has 1 saturated heterocycles. The van der Waals surface area contributed by atoms with E-state index in [1.54, 1.807) is 6.92 Å². The number of benzene rings is 2. The smallest absolute Gasteiger partial charge is 0.191 e. The molecule has 1 aliphatic heterocycles. The lowest BCUT2D eigenvalue weighted by Gasteiger charge is -2.33. The highest BCUT2D eigenvalue weighted by atomic mass is 16.5. The van der Waals surface area contributed by atoms with Crippen LogP contribution in [0.2, 0.25) is 0 Å². The van der Waals surface area contributed by atoms with Crippen molar-refractivity contribution >= 4 is 5.96 Å². The van der Waals surface area contributed by atoms with E-state index in [0.29, 0.717) is 5.92 Å². The monoisotopic (exact) mass is 409 g/mol. The van der Waals surface area contributed by atoms with E-state index < -0.39 is 5.60 Å². The molecule has 1 aliphatic rings. The van der Waals surface area contributed by atoms with Crippen LogP contribution in [0.15, 0.2) is 59.6 Å². The van der Waals surface area contributed by atoms with Crippen LogP contribution in [0, 0.1) is 12.8 Å². The fraction of sp³-hybridized carbons (Fsp3) is 0.480. The molecule has 5 nitrogen and oxygen atoms in total. The Bertz CT molecular complexity index is 803. The molecule has 5 heteroatoms. The van der Waals surface area contributed by atoms with Gasteiger partial charge in [0.25, 0.3) is 0 Å². The van der Waals surface area contributed by atoms with Gasteiger partial charge in [-0.2, -0.15) is 0 Å². The minimum atomic E-state index is -1.01. The Morgan fingerprint density at radius 3 is 2.57 bits per heavy atom. The van der Waals surface area contributed by atoms with Crippen molar-refractivity contribution in [2.24, 2.45) is 10.9 Å². The van der Waals surface area contributed by atoms with Gasteiger partial charge in [-0.15, -0.1) is 0 Å². The fourth-order valence-electron chi connectivity index (χ4n) is 3.87. The third-order valence-electron chi connectivity index (χ3n) is 5.67. The molecule has 162 valence electrons. The zero-order valence-electron chi connectivity index (χ0n) is 18.4. The number of nitrogens with zero attached hydrogens (tertiary/aromatic N) is 1. The van der Waals surface area contributed by atoms with Gasteiger partial charge in [-0.05, 0) is 44.7 Å². The second-order valence-corrected chi connectivity index (χ2v) is 8.32. The normalized spacial score (nSPS) is 21.7. The van der Waals surface area contributed by atoms with E-state index >= 15 is 0 Å². The molecule has 3 unspecified atom stereocenters. The van der Waals surface area contributed by atoms with Crippen molar-refractivity contribution in [1.82, 2.24) is 10.6 Å². The van der Waals surface area contributed by atoms with Crippen molar-refractivity contribution in [3.63, 3.8) is 0 Å². The molecule has 0 aliphatic carbocycles. The number of aryl methyl sites for hydroxylation is 1. The van der Waals surface area contributed by atoms with Gasteiger partial charge < -0.3 is 20.5 Å². The van der Waals surface area contributed by atoms with Crippen molar-refractivity contribution in [1.29, 1.82) is 0 Å².